The Bertz CT molecular complexity index is 185. The van der Waals surface area contributed by atoms with E-state index in [0.717, 1.165) is 25.9 Å². The second-order valence-electron chi connectivity index (χ2n) is 4.62. The molecule has 0 atom stereocenters. The van der Waals surface area contributed by atoms with Gasteiger partial charge < -0.3 is 5.32 Å². The summed E-state index contributed by atoms with van der Waals surface area (Å²) in [4.78, 5) is 0. The molecule has 1 rings (SSSR count). The molecular weight excluding hydrogens is 160 g/mol. The fraction of sp³-hybridized carbons (Fsp3) is 0.909. The highest BCUT2D eigenvalue weighted by Gasteiger charge is 2.33. The van der Waals surface area contributed by atoms with E-state index in [9.17, 15) is 0 Å². The monoisotopic (exact) mass is 180 g/mol. The van der Waals surface area contributed by atoms with Gasteiger partial charge in [0.2, 0.25) is 0 Å². The molecule has 1 fully saturated rings. The first-order chi connectivity index (χ1) is 6.18. The normalized spacial score (nSPS) is 20.5. The lowest BCUT2D eigenvalue weighted by molar-refractivity contribution is 0.367. The van der Waals surface area contributed by atoms with Crippen molar-refractivity contribution in [3.05, 3.63) is 0 Å². The molecule has 1 aliphatic carbocycles. The summed E-state index contributed by atoms with van der Waals surface area (Å²) in [5.41, 5.74) is -0.0328. The van der Waals surface area contributed by atoms with Gasteiger partial charge in [0.05, 0.1) is 11.5 Å². The van der Waals surface area contributed by atoms with Crippen LogP contribution in [-0.2, 0) is 0 Å². The van der Waals surface area contributed by atoms with E-state index < -0.39 is 0 Å². The summed E-state index contributed by atoms with van der Waals surface area (Å²) in [7, 11) is 0. The first-order valence-electron chi connectivity index (χ1n) is 5.30. The highest BCUT2D eigenvalue weighted by Crippen LogP contribution is 2.36. The van der Waals surface area contributed by atoms with Crippen LogP contribution in [0.3, 0.4) is 0 Å². The van der Waals surface area contributed by atoms with Crippen molar-refractivity contribution in [2.24, 2.45) is 11.3 Å². The topological polar surface area (TPSA) is 35.8 Å². The molecule has 2 nitrogen and oxygen atoms in total. The van der Waals surface area contributed by atoms with Gasteiger partial charge in [0, 0.05) is 6.54 Å². The molecule has 74 valence electrons. The van der Waals surface area contributed by atoms with Crippen LogP contribution in [0.5, 0.6) is 0 Å². The summed E-state index contributed by atoms with van der Waals surface area (Å²) in [6, 6.07) is 2.49. The van der Waals surface area contributed by atoms with Crippen molar-refractivity contribution in [2.45, 2.75) is 39.5 Å². The van der Waals surface area contributed by atoms with Crippen molar-refractivity contribution in [3.63, 3.8) is 0 Å². The lowest BCUT2D eigenvalue weighted by Gasteiger charge is -2.21. The molecular formula is C11H20N2. The van der Waals surface area contributed by atoms with Crippen molar-refractivity contribution in [1.82, 2.24) is 5.32 Å². The van der Waals surface area contributed by atoms with E-state index in [2.05, 4.69) is 25.2 Å². The molecule has 2 heteroatoms. The van der Waals surface area contributed by atoms with Crippen LogP contribution in [-0.4, -0.2) is 13.1 Å². The molecule has 1 aliphatic rings. The second kappa shape index (κ2) is 4.62. The quantitative estimate of drug-likeness (QED) is 0.720. The molecule has 0 radical (unpaired) electrons. The van der Waals surface area contributed by atoms with Crippen LogP contribution in [0.25, 0.3) is 0 Å². The molecule has 0 aromatic rings. The molecule has 0 aromatic carbocycles. The van der Waals surface area contributed by atoms with Crippen LogP contribution in [0.1, 0.15) is 39.5 Å². The summed E-state index contributed by atoms with van der Waals surface area (Å²) >= 11 is 0. The Labute approximate surface area is 81.3 Å². The predicted molar refractivity (Wildman–Crippen MR) is 54.2 cm³/mol. The lowest BCUT2D eigenvalue weighted by atomic mass is 9.88. The maximum absolute atomic E-state index is 9.09. The van der Waals surface area contributed by atoms with Gasteiger partial charge in [0.15, 0.2) is 0 Å². The van der Waals surface area contributed by atoms with Gasteiger partial charge in [-0.05, 0) is 25.3 Å². The van der Waals surface area contributed by atoms with Gasteiger partial charge >= 0.3 is 0 Å². The highest BCUT2D eigenvalue weighted by atomic mass is 14.9. The number of nitrogens with zero attached hydrogens (tertiary/aromatic N) is 1. The summed E-state index contributed by atoms with van der Waals surface area (Å²) in [6.45, 7) is 6.31. The zero-order valence-electron chi connectivity index (χ0n) is 8.77. The zero-order valence-corrected chi connectivity index (χ0v) is 8.77. The average Bonchev–Trinajstić information content (AvgIpc) is 2.53. The minimum absolute atomic E-state index is 0.0328. The Balaban J connectivity index is 2.29. The summed E-state index contributed by atoms with van der Waals surface area (Å²) in [5.74, 6) is 0.678. The van der Waals surface area contributed by atoms with Gasteiger partial charge in [-0.25, -0.2) is 0 Å². The van der Waals surface area contributed by atoms with Crippen LogP contribution < -0.4 is 5.32 Å². The minimum atomic E-state index is -0.0328. The largest absolute Gasteiger partial charge is 0.315 e. The van der Waals surface area contributed by atoms with Gasteiger partial charge in [0.25, 0.3) is 0 Å². The van der Waals surface area contributed by atoms with Crippen LogP contribution >= 0.6 is 0 Å². The average molecular weight is 180 g/mol. The maximum atomic E-state index is 9.09. The first kappa shape index (κ1) is 10.5. The molecule has 0 bridgehead atoms. The SMILES string of the molecule is CC(C)CNCC1(C#N)CCCC1. The second-order valence-corrected chi connectivity index (χ2v) is 4.62. The molecule has 0 saturated heterocycles. The van der Waals surface area contributed by atoms with Gasteiger partial charge in [-0.1, -0.05) is 26.7 Å². The van der Waals surface area contributed by atoms with E-state index in [1.54, 1.807) is 0 Å². The van der Waals surface area contributed by atoms with Gasteiger partial charge in [-0.3, -0.25) is 0 Å². The number of rotatable bonds is 4. The van der Waals surface area contributed by atoms with E-state index >= 15 is 0 Å². The van der Waals surface area contributed by atoms with E-state index in [0.29, 0.717) is 5.92 Å². The minimum Gasteiger partial charge on any atom is -0.315 e. The van der Waals surface area contributed by atoms with E-state index in [4.69, 9.17) is 5.26 Å². The fourth-order valence-corrected chi connectivity index (χ4v) is 1.98. The molecule has 0 aliphatic heterocycles. The maximum Gasteiger partial charge on any atom is 0.0703 e. The Morgan fingerprint density at radius 1 is 1.38 bits per heavy atom. The third-order valence-electron chi connectivity index (χ3n) is 2.81. The van der Waals surface area contributed by atoms with Crippen LogP contribution in [0.15, 0.2) is 0 Å². The van der Waals surface area contributed by atoms with Crippen molar-refractivity contribution in [3.8, 4) is 6.07 Å². The summed E-state index contributed by atoms with van der Waals surface area (Å²) in [5, 5.41) is 12.5. The molecule has 13 heavy (non-hydrogen) atoms. The Hall–Kier alpha value is -0.550. The third-order valence-corrected chi connectivity index (χ3v) is 2.81. The van der Waals surface area contributed by atoms with Crippen LogP contribution in [0, 0.1) is 22.7 Å². The fourth-order valence-electron chi connectivity index (χ4n) is 1.98. The summed E-state index contributed by atoms with van der Waals surface area (Å²) < 4.78 is 0. The molecule has 1 saturated carbocycles. The first-order valence-corrected chi connectivity index (χ1v) is 5.30. The molecule has 1 N–H and O–H groups in total. The number of nitriles is 1. The molecule has 0 unspecified atom stereocenters. The number of hydrogen-bond donors (Lipinski definition) is 1. The Morgan fingerprint density at radius 3 is 2.46 bits per heavy atom. The van der Waals surface area contributed by atoms with Crippen LogP contribution in [0.2, 0.25) is 0 Å². The Kier molecular flexibility index (Phi) is 3.74. The van der Waals surface area contributed by atoms with Crippen molar-refractivity contribution < 1.29 is 0 Å². The Morgan fingerprint density at radius 2 is 2.00 bits per heavy atom. The van der Waals surface area contributed by atoms with Gasteiger partial charge in [-0.15, -0.1) is 0 Å². The molecule has 0 heterocycles. The standard InChI is InChI=1S/C11H20N2/c1-10(2)7-13-9-11(8-12)5-3-4-6-11/h10,13H,3-7,9H2,1-2H3. The molecule has 0 spiro atoms. The molecule has 0 amide bonds. The van der Waals surface area contributed by atoms with Crippen molar-refractivity contribution in [1.29, 1.82) is 5.26 Å². The number of hydrogen-bond acceptors (Lipinski definition) is 2. The van der Waals surface area contributed by atoms with E-state index in [1.165, 1.54) is 12.8 Å². The van der Waals surface area contributed by atoms with E-state index in [1.807, 2.05) is 0 Å². The summed E-state index contributed by atoms with van der Waals surface area (Å²) in [6.07, 6.45) is 4.65. The van der Waals surface area contributed by atoms with E-state index in [-0.39, 0.29) is 5.41 Å². The predicted octanol–water partition coefficient (Wildman–Crippen LogP) is 2.32. The lowest BCUT2D eigenvalue weighted by Crippen LogP contribution is -2.32. The smallest absolute Gasteiger partial charge is 0.0703 e. The van der Waals surface area contributed by atoms with Gasteiger partial charge in [-0.2, -0.15) is 5.26 Å². The highest BCUT2D eigenvalue weighted by molar-refractivity contribution is 5.03. The number of nitrogens with one attached hydrogen (secondary N) is 1. The van der Waals surface area contributed by atoms with Crippen molar-refractivity contribution in [2.75, 3.05) is 13.1 Å². The van der Waals surface area contributed by atoms with Gasteiger partial charge in [0.1, 0.15) is 0 Å². The van der Waals surface area contributed by atoms with Crippen molar-refractivity contribution >= 4 is 0 Å². The van der Waals surface area contributed by atoms with Crippen LogP contribution in [0.4, 0.5) is 0 Å². The molecule has 0 aromatic heterocycles. The third kappa shape index (κ3) is 3.00. The zero-order chi connectivity index (χ0) is 9.73.